The standard InChI is InChI=1S/C22H24F4N2O3S/c1-15(29)27-12-17-13-28(20(30)31-17)21(14-32-10-9-22(24,25)26)8-7-18(19(23)11-21)16-5-3-2-4-6-16/h2-8,17H,9-14H2,1H3,(H,27,29)/t17-,21?/m0/s1. The molecule has 1 heterocycles. The zero-order valence-electron chi connectivity index (χ0n) is 17.5. The van der Waals surface area contributed by atoms with Crippen LogP contribution in [0.3, 0.4) is 0 Å². The van der Waals surface area contributed by atoms with Gasteiger partial charge in [0, 0.05) is 30.4 Å². The molecule has 1 aromatic rings. The number of carbonyl (C=O) groups is 2. The molecule has 1 saturated heterocycles. The number of halogens is 4. The summed E-state index contributed by atoms with van der Waals surface area (Å²) in [6.07, 6.45) is -3.48. The number of hydrogen-bond acceptors (Lipinski definition) is 4. The molecule has 0 aromatic heterocycles. The van der Waals surface area contributed by atoms with Crippen LogP contribution in [-0.4, -0.2) is 59.3 Å². The second kappa shape index (κ2) is 9.97. The highest BCUT2D eigenvalue weighted by Gasteiger charge is 2.47. The molecule has 5 nitrogen and oxygen atoms in total. The van der Waals surface area contributed by atoms with Crippen LogP contribution in [0.4, 0.5) is 22.4 Å². The maximum absolute atomic E-state index is 15.3. The van der Waals surface area contributed by atoms with Gasteiger partial charge >= 0.3 is 12.3 Å². The van der Waals surface area contributed by atoms with Gasteiger partial charge in [-0.05, 0) is 5.56 Å². The van der Waals surface area contributed by atoms with E-state index in [2.05, 4.69) is 5.32 Å². The first kappa shape index (κ1) is 24.2. The number of rotatable bonds is 8. The molecule has 1 fully saturated rings. The molecule has 3 rings (SSSR count). The summed E-state index contributed by atoms with van der Waals surface area (Å²) in [5.74, 6) is -0.852. The third-order valence-electron chi connectivity index (χ3n) is 5.27. The minimum absolute atomic E-state index is 0.0804. The van der Waals surface area contributed by atoms with Gasteiger partial charge in [0.25, 0.3) is 0 Å². The van der Waals surface area contributed by atoms with Gasteiger partial charge in [-0.3, -0.25) is 9.69 Å². The van der Waals surface area contributed by atoms with E-state index in [1.54, 1.807) is 36.4 Å². The first-order valence-corrected chi connectivity index (χ1v) is 11.3. The molecule has 2 amide bonds. The van der Waals surface area contributed by atoms with E-state index in [0.717, 1.165) is 11.8 Å². The highest BCUT2D eigenvalue weighted by atomic mass is 32.2. The van der Waals surface area contributed by atoms with Gasteiger partial charge in [-0.2, -0.15) is 24.9 Å². The number of carbonyl (C=O) groups excluding carboxylic acids is 2. The van der Waals surface area contributed by atoms with Crippen LogP contribution >= 0.6 is 11.8 Å². The summed E-state index contributed by atoms with van der Waals surface area (Å²) in [5, 5.41) is 2.58. The van der Waals surface area contributed by atoms with Gasteiger partial charge in [-0.1, -0.05) is 42.5 Å². The molecule has 1 aromatic carbocycles. The van der Waals surface area contributed by atoms with Crippen molar-refractivity contribution in [2.45, 2.75) is 37.6 Å². The van der Waals surface area contributed by atoms with Crippen molar-refractivity contribution in [3.63, 3.8) is 0 Å². The Hall–Kier alpha value is -2.49. The van der Waals surface area contributed by atoms with Crippen LogP contribution in [0.1, 0.15) is 25.3 Å². The molecule has 0 radical (unpaired) electrons. The smallest absolute Gasteiger partial charge is 0.411 e. The van der Waals surface area contributed by atoms with Crippen LogP contribution in [-0.2, 0) is 9.53 Å². The average Bonchev–Trinajstić information content (AvgIpc) is 3.11. The van der Waals surface area contributed by atoms with Crippen molar-refractivity contribution >= 4 is 29.3 Å². The molecule has 2 aliphatic rings. The van der Waals surface area contributed by atoms with Gasteiger partial charge in [0.05, 0.1) is 25.0 Å². The van der Waals surface area contributed by atoms with Crippen molar-refractivity contribution in [1.82, 2.24) is 10.2 Å². The van der Waals surface area contributed by atoms with Crippen molar-refractivity contribution in [2.24, 2.45) is 0 Å². The highest BCUT2D eigenvalue weighted by molar-refractivity contribution is 7.99. The van der Waals surface area contributed by atoms with E-state index in [-0.39, 0.29) is 36.9 Å². The number of thioether (sulfide) groups is 1. The Labute approximate surface area is 187 Å². The fourth-order valence-corrected chi connectivity index (χ4v) is 4.90. The van der Waals surface area contributed by atoms with Crippen LogP contribution in [0.5, 0.6) is 0 Å². The van der Waals surface area contributed by atoms with Gasteiger partial charge in [-0.25, -0.2) is 9.18 Å². The van der Waals surface area contributed by atoms with E-state index < -0.39 is 36.2 Å². The fourth-order valence-electron chi connectivity index (χ4n) is 3.67. The molecule has 0 bridgehead atoms. The summed E-state index contributed by atoms with van der Waals surface area (Å²) in [5.41, 5.74) is -0.114. The first-order chi connectivity index (χ1) is 15.1. The maximum Gasteiger partial charge on any atom is 0.411 e. The molecular formula is C22H24F4N2O3S. The van der Waals surface area contributed by atoms with Crippen molar-refractivity contribution in [1.29, 1.82) is 0 Å². The fraction of sp³-hybridized carbons (Fsp3) is 0.455. The number of hydrogen-bond donors (Lipinski definition) is 1. The zero-order chi connectivity index (χ0) is 23.4. The van der Waals surface area contributed by atoms with Gasteiger partial charge in [-0.15, -0.1) is 0 Å². The number of nitrogens with one attached hydrogen (secondary N) is 1. The monoisotopic (exact) mass is 472 g/mol. The molecule has 10 heteroatoms. The Morgan fingerprint density at radius 3 is 2.66 bits per heavy atom. The van der Waals surface area contributed by atoms with Gasteiger partial charge < -0.3 is 10.1 Å². The van der Waals surface area contributed by atoms with Gasteiger partial charge in [0.15, 0.2) is 0 Å². The first-order valence-electron chi connectivity index (χ1n) is 10.1. The lowest BCUT2D eigenvalue weighted by molar-refractivity contribution is -0.129. The summed E-state index contributed by atoms with van der Waals surface area (Å²) >= 11 is 1.01. The van der Waals surface area contributed by atoms with E-state index in [1.165, 1.54) is 11.8 Å². The molecule has 174 valence electrons. The quantitative estimate of drug-likeness (QED) is 0.440. The van der Waals surface area contributed by atoms with E-state index in [1.807, 2.05) is 6.07 Å². The normalized spacial score (nSPS) is 23.5. The second-order valence-corrected chi connectivity index (χ2v) is 8.87. The summed E-state index contributed by atoms with van der Waals surface area (Å²) < 4.78 is 58.3. The highest BCUT2D eigenvalue weighted by Crippen LogP contribution is 2.41. The number of allylic oxidation sites excluding steroid dienone is 2. The zero-order valence-corrected chi connectivity index (χ0v) is 18.3. The lowest BCUT2D eigenvalue weighted by Crippen LogP contribution is -2.51. The lowest BCUT2D eigenvalue weighted by atomic mass is 9.85. The van der Waals surface area contributed by atoms with Gasteiger partial charge in [0.1, 0.15) is 11.9 Å². The van der Waals surface area contributed by atoms with Crippen LogP contribution in [0.2, 0.25) is 0 Å². The molecule has 1 N–H and O–H groups in total. The Morgan fingerprint density at radius 1 is 1.31 bits per heavy atom. The Kier molecular flexibility index (Phi) is 7.53. The van der Waals surface area contributed by atoms with Crippen LogP contribution in [0.25, 0.3) is 5.57 Å². The van der Waals surface area contributed by atoms with E-state index >= 15 is 4.39 Å². The SMILES string of the molecule is CC(=O)NC[C@H]1CN(C2(CSCCC(F)(F)F)C=CC(c3ccccc3)=C(F)C2)C(=O)O1. The van der Waals surface area contributed by atoms with Crippen LogP contribution in [0.15, 0.2) is 48.3 Å². The molecule has 2 atom stereocenters. The van der Waals surface area contributed by atoms with Crippen LogP contribution in [0, 0.1) is 0 Å². The predicted molar refractivity (Wildman–Crippen MR) is 115 cm³/mol. The molecular weight excluding hydrogens is 448 g/mol. The number of nitrogens with zero attached hydrogens (tertiary/aromatic N) is 1. The molecule has 0 spiro atoms. The molecule has 1 aliphatic carbocycles. The number of benzene rings is 1. The lowest BCUT2D eigenvalue weighted by Gasteiger charge is -2.39. The molecule has 1 unspecified atom stereocenters. The van der Waals surface area contributed by atoms with Crippen LogP contribution < -0.4 is 5.32 Å². The van der Waals surface area contributed by atoms with E-state index in [4.69, 9.17) is 4.74 Å². The average molecular weight is 473 g/mol. The summed E-state index contributed by atoms with van der Waals surface area (Å²) in [6, 6.07) is 8.90. The number of cyclic esters (lactones) is 1. The molecule has 32 heavy (non-hydrogen) atoms. The largest absolute Gasteiger partial charge is 0.442 e. The summed E-state index contributed by atoms with van der Waals surface area (Å²) in [6.45, 7) is 1.53. The van der Waals surface area contributed by atoms with E-state index in [9.17, 15) is 22.8 Å². The minimum atomic E-state index is -4.29. The second-order valence-electron chi connectivity index (χ2n) is 7.77. The number of ether oxygens (including phenoxy) is 1. The predicted octanol–water partition coefficient (Wildman–Crippen LogP) is 4.71. The third kappa shape index (κ3) is 6.05. The minimum Gasteiger partial charge on any atom is -0.442 e. The number of amides is 2. The molecule has 0 saturated carbocycles. The third-order valence-corrected chi connectivity index (χ3v) is 6.47. The number of alkyl halides is 3. The topological polar surface area (TPSA) is 58.6 Å². The van der Waals surface area contributed by atoms with Gasteiger partial charge in [0.2, 0.25) is 5.91 Å². The summed E-state index contributed by atoms with van der Waals surface area (Å²) in [4.78, 5) is 25.1. The van der Waals surface area contributed by atoms with Crippen molar-refractivity contribution in [2.75, 3.05) is 24.6 Å². The molecule has 1 aliphatic heterocycles. The Morgan fingerprint density at radius 2 is 2.03 bits per heavy atom. The van der Waals surface area contributed by atoms with Crippen molar-refractivity contribution in [3.8, 4) is 0 Å². The van der Waals surface area contributed by atoms with E-state index in [0.29, 0.717) is 11.1 Å². The Bertz CT molecular complexity index is 904. The Balaban J connectivity index is 1.80. The maximum atomic E-state index is 15.3. The summed E-state index contributed by atoms with van der Waals surface area (Å²) in [7, 11) is 0. The van der Waals surface area contributed by atoms with Crippen molar-refractivity contribution < 1.29 is 31.9 Å². The van der Waals surface area contributed by atoms with Crippen molar-refractivity contribution in [3.05, 3.63) is 53.9 Å².